The number of hydrogen-bond acceptors (Lipinski definition) is 4. The quantitative estimate of drug-likeness (QED) is 0.415. The molecule has 0 saturated heterocycles. The van der Waals surface area contributed by atoms with Gasteiger partial charge >= 0.3 is 5.97 Å². The van der Waals surface area contributed by atoms with Crippen LogP contribution >= 0.6 is 0 Å². The van der Waals surface area contributed by atoms with Crippen LogP contribution in [0.5, 0.6) is 0 Å². The number of rotatable bonds is 7. The Labute approximate surface area is 103 Å². The lowest BCUT2D eigenvalue weighted by Crippen LogP contribution is -2.45. The fourth-order valence-electron chi connectivity index (χ4n) is 1.58. The molecule has 0 bridgehead atoms. The standard InChI is InChI=1S/C13H21NO3/c1-5-7-10(15)11(9(3)4)12(14)13(16)17-8-6-2/h5-7,9,11-12H,2,8,14H2,1,3-4H3/t11?,12-/m0/s1. The van der Waals surface area contributed by atoms with Gasteiger partial charge in [0, 0.05) is 5.92 Å². The van der Waals surface area contributed by atoms with Crippen LogP contribution in [-0.2, 0) is 14.3 Å². The molecule has 0 saturated carbocycles. The second kappa shape index (κ2) is 7.79. The van der Waals surface area contributed by atoms with E-state index < -0.39 is 17.9 Å². The number of allylic oxidation sites excluding steroid dienone is 2. The zero-order chi connectivity index (χ0) is 13.4. The van der Waals surface area contributed by atoms with Gasteiger partial charge in [-0.15, -0.1) is 0 Å². The molecule has 2 N–H and O–H groups in total. The van der Waals surface area contributed by atoms with Gasteiger partial charge in [-0.25, -0.2) is 0 Å². The third kappa shape index (κ3) is 4.95. The monoisotopic (exact) mass is 239 g/mol. The molecule has 4 heteroatoms. The van der Waals surface area contributed by atoms with Crippen molar-refractivity contribution in [2.75, 3.05) is 6.61 Å². The summed E-state index contributed by atoms with van der Waals surface area (Å²) in [5.74, 6) is -1.29. The third-order valence-corrected chi connectivity index (χ3v) is 2.38. The van der Waals surface area contributed by atoms with E-state index in [1.165, 1.54) is 12.2 Å². The van der Waals surface area contributed by atoms with Crippen molar-refractivity contribution in [1.29, 1.82) is 0 Å². The number of hydrogen-bond donors (Lipinski definition) is 1. The Morgan fingerprint density at radius 3 is 2.41 bits per heavy atom. The molecule has 17 heavy (non-hydrogen) atoms. The minimum absolute atomic E-state index is 0.0232. The van der Waals surface area contributed by atoms with Gasteiger partial charge in [-0.05, 0) is 18.9 Å². The molecule has 96 valence electrons. The highest BCUT2D eigenvalue weighted by molar-refractivity contribution is 5.96. The van der Waals surface area contributed by atoms with Gasteiger partial charge in [0.2, 0.25) is 0 Å². The van der Waals surface area contributed by atoms with E-state index in [0.717, 1.165) is 0 Å². The molecule has 0 aliphatic carbocycles. The highest BCUT2D eigenvalue weighted by atomic mass is 16.5. The molecule has 0 radical (unpaired) electrons. The van der Waals surface area contributed by atoms with Crippen LogP contribution in [0.3, 0.4) is 0 Å². The van der Waals surface area contributed by atoms with Crippen LogP contribution in [0.25, 0.3) is 0 Å². The molecule has 0 fully saturated rings. The normalized spacial score (nSPS) is 14.6. The molecule has 0 rings (SSSR count). The SMILES string of the molecule is C=CCOC(=O)[C@@H](N)C(C(=O)C=CC)C(C)C. The maximum atomic E-state index is 11.8. The predicted molar refractivity (Wildman–Crippen MR) is 67.3 cm³/mol. The average molecular weight is 239 g/mol. The fraction of sp³-hybridized carbons (Fsp3) is 0.538. The van der Waals surface area contributed by atoms with Gasteiger partial charge < -0.3 is 10.5 Å². The Morgan fingerprint density at radius 2 is 2.00 bits per heavy atom. The van der Waals surface area contributed by atoms with Crippen LogP contribution < -0.4 is 5.73 Å². The minimum Gasteiger partial charge on any atom is -0.460 e. The number of ketones is 1. The highest BCUT2D eigenvalue weighted by Crippen LogP contribution is 2.17. The average Bonchev–Trinajstić information content (AvgIpc) is 2.25. The van der Waals surface area contributed by atoms with Crippen LogP contribution in [0.1, 0.15) is 20.8 Å². The van der Waals surface area contributed by atoms with Crippen LogP contribution in [0.4, 0.5) is 0 Å². The van der Waals surface area contributed by atoms with E-state index in [0.29, 0.717) is 0 Å². The van der Waals surface area contributed by atoms with Gasteiger partial charge in [0.25, 0.3) is 0 Å². The van der Waals surface area contributed by atoms with Gasteiger partial charge in [-0.2, -0.15) is 0 Å². The molecular formula is C13H21NO3. The first-order chi connectivity index (χ1) is 7.95. The Morgan fingerprint density at radius 1 is 1.41 bits per heavy atom. The van der Waals surface area contributed by atoms with Crippen molar-refractivity contribution in [1.82, 2.24) is 0 Å². The zero-order valence-electron chi connectivity index (χ0n) is 10.7. The summed E-state index contributed by atoms with van der Waals surface area (Å²) >= 11 is 0. The van der Waals surface area contributed by atoms with Crippen molar-refractivity contribution in [3.05, 3.63) is 24.8 Å². The Kier molecular flexibility index (Phi) is 7.14. The number of carbonyl (C=O) groups is 2. The van der Waals surface area contributed by atoms with E-state index in [2.05, 4.69) is 6.58 Å². The Balaban J connectivity index is 4.75. The summed E-state index contributed by atoms with van der Waals surface area (Å²) in [6, 6.07) is -0.932. The van der Waals surface area contributed by atoms with Gasteiger partial charge in [-0.1, -0.05) is 32.6 Å². The number of carbonyl (C=O) groups excluding carboxylic acids is 2. The molecule has 0 amide bonds. The first-order valence-corrected chi connectivity index (χ1v) is 5.65. The Bertz CT molecular complexity index is 308. The molecule has 0 heterocycles. The van der Waals surface area contributed by atoms with E-state index >= 15 is 0 Å². The second-order valence-electron chi connectivity index (χ2n) is 4.12. The van der Waals surface area contributed by atoms with Crippen LogP contribution in [0.15, 0.2) is 24.8 Å². The first kappa shape index (κ1) is 15.6. The van der Waals surface area contributed by atoms with E-state index in [4.69, 9.17) is 10.5 Å². The summed E-state index contributed by atoms with van der Waals surface area (Å²) in [5, 5.41) is 0. The lowest BCUT2D eigenvalue weighted by atomic mass is 9.85. The Hall–Kier alpha value is -1.42. The van der Waals surface area contributed by atoms with Gasteiger partial charge in [0.1, 0.15) is 12.6 Å². The predicted octanol–water partition coefficient (Wildman–Crippen LogP) is 1.46. The molecule has 0 aliphatic rings. The summed E-state index contributed by atoms with van der Waals surface area (Å²) in [4.78, 5) is 23.4. The first-order valence-electron chi connectivity index (χ1n) is 5.65. The summed E-state index contributed by atoms with van der Waals surface area (Å²) in [5.41, 5.74) is 5.77. The summed E-state index contributed by atoms with van der Waals surface area (Å²) in [6.07, 6.45) is 4.54. The maximum absolute atomic E-state index is 11.8. The molecule has 0 aromatic carbocycles. The number of esters is 1. The maximum Gasteiger partial charge on any atom is 0.324 e. The topological polar surface area (TPSA) is 69.4 Å². The highest BCUT2D eigenvalue weighted by Gasteiger charge is 2.32. The molecule has 2 atom stereocenters. The van der Waals surface area contributed by atoms with E-state index in [-0.39, 0.29) is 18.3 Å². The van der Waals surface area contributed by atoms with Crippen LogP contribution in [0, 0.1) is 11.8 Å². The van der Waals surface area contributed by atoms with Gasteiger partial charge in [0.15, 0.2) is 5.78 Å². The lowest BCUT2D eigenvalue weighted by molar-refractivity contribution is -0.147. The van der Waals surface area contributed by atoms with Gasteiger partial charge in [0.05, 0.1) is 0 Å². The number of nitrogens with two attached hydrogens (primary N) is 1. The zero-order valence-corrected chi connectivity index (χ0v) is 10.7. The molecule has 0 aromatic rings. The van der Waals surface area contributed by atoms with Crippen molar-refractivity contribution in [3.8, 4) is 0 Å². The van der Waals surface area contributed by atoms with Crippen molar-refractivity contribution in [2.24, 2.45) is 17.6 Å². The molecule has 0 aliphatic heterocycles. The summed E-state index contributed by atoms with van der Waals surface area (Å²) < 4.78 is 4.85. The number of ether oxygens (including phenoxy) is 1. The van der Waals surface area contributed by atoms with Crippen LogP contribution in [0.2, 0.25) is 0 Å². The van der Waals surface area contributed by atoms with Crippen molar-refractivity contribution < 1.29 is 14.3 Å². The van der Waals surface area contributed by atoms with Crippen molar-refractivity contribution in [2.45, 2.75) is 26.8 Å². The van der Waals surface area contributed by atoms with E-state index in [9.17, 15) is 9.59 Å². The van der Waals surface area contributed by atoms with Crippen molar-refractivity contribution in [3.63, 3.8) is 0 Å². The summed E-state index contributed by atoms with van der Waals surface area (Å²) in [7, 11) is 0. The molecule has 0 spiro atoms. The largest absolute Gasteiger partial charge is 0.460 e. The van der Waals surface area contributed by atoms with E-state index in [1.807, 2.05) is 13.8 Å². The van der Waals surface area contributed by atoms with Crippen molar-refractivity contribution >= 4 is 11.8 Å². The van der Waals surface area contributed by atoms with Crippen LogP contribution in [-0.4, -0.2) is 24.4 Å². The molecule has 4 nitrogen and oxygen atoms in total. The summed E-state index contributed by atoms with van der Waals surface area (Å²) in [6.45, 7) is 9.00. The molecule has 1 unspecified atom stereocenters. The third-order valence-electron chi connectivity index (χ3n) is 2.38. The van der Waals surface area contributed by atoms with E-state index in [1.54, 1.807) is 13.0 Å². The van der Waals surface area contributed by atoms with Gasteiger partial charge in [-0.3, -0.25) is 9.59 Å². The molecule has 0 aromatic heterocycles. The smallest absolute Gasteiger partial charge is 0.324 e. The fourth-order valence-corrected chi connectivity index (χ4v) is 1.58. The lowest BCUT2D eigenvalue weighted by Gasteiger charge is -2.23. The minimum atomic E-state index is -0.932. The molecular weight excluding hydrogens is 218 g/mol. The second-order valence-corrected chi connectivity index (χ2v) is 4.12.